The normalized spacial score (nSPS) is 16.7. The molecular formula is C16H19N3O3. The number of nitrogens with zero attached hydrogens (tertiary/aromatic N) is 2. The highest BCUT2D eigenvalue weighted by atomic mass is 16.5. The average molecular weight is 301 g/mol. The van der Waals surface area contributed by atoms with Gasteiger partial charge in [-0.05, 0) is 19.5 Å². The van der Waals surface area contributed by atoms with Crippen LogP contribution in [0.25, 0.3) is 0 Å². The van der Waals surface area contributed by atoms with Gasteiger partial charge in [0.25, 0.3) is 5.91 Å². The summed E-state index contributed by atoms with van der Waals surface area (Å²) in [6, 6.07) is 10.3. The van der Waals surface area contributed by atoms with Gasteiger partial charge in [0, 0.05) is 13.5 Å². The largest absolute Gasteiger partial charge is 0.423 e. The highest BCUT2D eigenvalue weighted by Crippen LogP contribution is 2.26. The summed E-state index contributed by atoms with van der Waals surface area (Å²) < 4.78 is 5.13. The number of carbonyl (C=O) groups is 2. The van der Waals surface area contributed by atoms with Gasteiger partial charge in [0.05, 0.1) is 12.0 Å². The van der Waals surface area contributed by atoms with Crippen molar-refractivity contribution in [1.82, 2.24) is 10.3 Å². The van der Waals surface area contributed by atoms with Gasteiger partial charge < -0.3 is 10.1 Å². The van der Waals surface area contributed by atoms with Gasteiger partial charge >= 0.3 is 0 Å². The molecule has 1 N–H and O–H groups in total. The highest BCUT2D eigenvalue weighted by molar-refractivity contribution is 6.10. The van der Waals surface area contributed by atoms with Gasteiger partial charge in [0.1, 0.15) is 0 Å². The molecule has 0 aliphatic carbocycles. The van der Waals surface area contributed by atoms with Crippen molar-refractivity contribution >= 4 is 17.6 Å². The van der Waals surface area contributed by atoms with Crippen molar-refractivity contribution < 1.29 is 14.3 Å². The number of fused-ring (bicyclic) bond motifs is 1. The first-order valence-corrected chi connectivity index (χ1v) is 7.01. The summed E-state index contributed by atoms with van der Waals surface area (Å²) in [5.41, 5.74) is 1.79. The first-order valence-electron chi connectivity index (χ1n) is 7.01. The van der Waals surface area contributed by atoms with Crippen molar-refractivity contribution in [2.45, 2.75) is 26.8 Å². The van der Waals surface area contributed by atoms with Gasteiger partial charge in [-0.3, -0.25) is 9.59 Å². The third kappa shape index (κ3) is 3.59. The molecule has 0 unspecified atom stereocenters. The minimum Gasteiger partial charge on any atom is -0.423 e. The van der Waals surface area contributed by atoms with E-state index in [1.807, 2.05) is 25.2 Å². The van der Waals surface area contributed by atoms with Crippen LogP contribution in [0.1, 0.15) is 25.8 Å². The van der Waals surface area contributed by atoms with Crippen molar-refractivity contribution in [3.05, 3.63) is 47.4 Å². The van der Waals surface area contributed by atoms with E-state index in [-0.39, 0.29) is 24.0 Å². The summed E-state index contributed by atoms with van der Waals surface area (Å²) in [6.45, 7) is 4.22. The molecule has 0 aromatic heterocycles. The molecule has 22 heavy (non-hydrogen) atoms. The summed E-state index contributed by atoms with van der Waals surface area (Å²) in [4.78, 5) is 22.5. The SMILES string of the molecule is CC1=NN2C(=O)CC(=O)C(C)=C2O1.CNCc1ccccc1. The maximum atomic E-state index is 11.3. The van der Waals surface area contributed by atoms with E-state index in [0.29, 0.717) is 11.5 Å². The molecule has 0 spiro atoms. The van der Waals surface area contributed by atoms with Gasteiger partial charge in [-0.2, -0.15) is 5.01 Å². The maximum Gasteiger partial charge on any atom is 0.257 e. The van der Waals surface area contributed by atoms with Crippen LogP contribution in [0.4, 0.5) is 0 Å². The van der Waals surface area contributed by atoms with Crippen molar-refractivity contribution in [2.24, 2.45) is 5.10 Å². The Morgan fingerprint density at radius 1 is 1.23 bits per heavy atom. The average Bonchev–Trinajstić information content (AvgIpc) is 2.90. The molecule has 6 heteroatoms. The van der Waals surface area contributed by atoms with E-state index in [2.05, 4.69) is 22.6 Å². The van der Waals surface area contributed by atoms with Crippen molar-refractivity contribution in [1.29, 1.82) is 0 Å². The lowest BCUT2D eigenvalue weighted by Gasteiger charge is -2.18. The van der Waals surface area contributed by atoms with Gasteiger partial charge in [-0.1, -0.05) is 30.3 Å². The van der Waals surface area contributed by atoms with Crippen LogP contribution in [0.5, 0.6) is 0 Å². The van der Waals surface area contributed by atoms with E-state index in [4.69, 9.17) is 4.74 Å². The molecule has 1 amide bonds. The summed E-state index contributed by atoms with van der Waals surface area (Å²) in [5, 5.41) is 8.07. The number of hydrogen-bond donors (Lipinski definition) is 1. The third-order valence-electron chi connectivity index (χ3n) is 3.19. The van der Waals surface area contributed by atoms with E-state index in [9.17, 15) is 9.59 Å². The molecule has 0 saturated heterocycles. The fourth-order valence-electron chi connectivity index (χ4n) is 2.06. The van der Waals surface area contributed by atoms with Crippen LogP contribution in [0, 0.1) is 0 Å². The number of hydrogen-bond acceptors (Lipinski definition) is 5. The number of Topliss-reactive ketones (excluding diaryl/α,β-unsaturated/α-hetero) is 1. The summed E-state index contributed by atoms with van der Waals surface area (Å²) in [5.74, 6) is 0.125. The molecule has 0 radical (unpaired) electrons. The van der Waals surface area contributed by atoms with E-state index >= 15 is 0 Å². The first kappa shape index (κ1) is 15.9. The number of amides is 1. The number of ketones is 1. The van der Waals surface area contributed by atoms with Crippen LogP contribution in [0.15, 0.2) is 46.9 Å². The van der Waals surface area contributed by atoms with Crippen molar-refractivity contribution in [3.63, 3.8) is 0 Å². The van der Waals surface area contributed by atoms with Gasteiger partial charge in [-0.15, -0.1) is 5.10 Å². The van der Waals surface area contributed by atoms with E-state index in [1.54, 1.807) is 13.8 Å². The van der Waals surface area contributed by atoms with Gasteiger partial charge in [0.15, 0.2) is 5.78 Å². The number of nitrogens with one attached hydrogen (secondary N) is 1. The second kappa shape index (κ2) is 7.00. The molecule has 6 nitrogen and oxygen atoms in total. The molecule has 0 saturated carbocycles. The number of hydrazone groups is 1. The van der Waals surface area contributed by atoms with Crippen LogP contribution < -0.4 is 5.32 Å². The predicted molar refractivity (Wildman–Crippen MR) is 82.6 cm³/mol. The Balaban J connectivity index is 0.000000172. The molecule has 116 valence electrons. The second-order valence-electron chi connectivity index (χ2n) is 4.97. The lowest BCUT2D eigenvalue weighted by Crippen LogP contribution is -2.31. The zero-order chi connectivity index (χ0) is 16.1. The van der Waals surface area contributed by atoms with Crippen LogP contribution in [-0.4, -0.2) is 29.6 Å². The van der Waals surface area contributed by atoms with Crippen molar-refractivity contribution in [2.75, 3.05) is 7.05 Å². The Hall–Kier alpha value is -2.47. The third-order valence-corrected chi connectivity index (χ3v) is 3.19. The van der Waals surface area contributed by atoms with E-state index < -0.39 is 0 Å². The molecule has 1 aromatic carbocycles. The van der Waals surface area contributed by atoms with Crippen LogP contribution in [0.3, 0.4) is 0 Å². The fraction of sp³-hybridized carbons (Fsp3) is 0.312. The Kier molecular flexibility index (Phi) is 5.06. The Morgan fingerprint density at radius 3 is 2.55 bits per heavy atom. The fourth-order valence-corrected chi connectivity index (χ4v) is 2.06. The number of carbonyl (C=O) groups excluding carboxylic acids is 2. The lowest BCUT2D eigenvalue weighted by molar-refractivity contribution is -0.135. The van der Waals surface area contributed by atoms with Gasteiger partial charge in [-0.25, -0.2) is 0 Å². The molecule has 2 aliphatic heterocycles. The number of ether oxygens (including phenoxy) is 1. The van der Waals surface area contributed by atoms with E-state index in [0.717, 1.165) is 11.6 Å². The summed E-state index contributed by atoms with van der Waals surface area (Å²) >= 11 is 0. The number of rotatable bonds is 2. The van der Waals surface area contributed by atoms with Gasteiger partial charge in [0.2, 0.25) is 11.8 Å². The zero-order valence-electron chi connectivity index (χ0n) is 12.9. The Morgan fingerprint density at radius 2 is 1.91 bits per heavy atom. The highest BCUT2D eigenvalue weighted by Gasteiger charge is 2.35. The molecule has 2 aliphatic rings. The predicted octanol–water partition coefficient (Wildman–Crippen LogP) is 1.79. The monoisotopic (exact) mass is 301 g/mol. The maximum absolute atomic E-state index is 11.3. The van der Waals surface area contributed by atoms with Crippen LogP contribution in [0.2, 0.25) is 0 Å². The lowest BCUT2D eigenvalue weighted by atomic mass is 10.1. The molecule has 0 fully saturated rings. The summed E-state index contributed by atoms with van der Waals surface area (Å²) in [7, 11) is 1.95. The summed E-state index contributed by atoms with van der Waals surface area (Å²) in [6.07, 6.45) is -0.116. The molecule has 0 atom stereocenters. The quantitative estimate of drug-likeness (QED) is 0.845. The molecule has 3 rings (SSSR count). The topological polar surface area (TPSA) is 71.0 Å². The standard InChI is InChI=1S/C8H8N2O3.C8H11N/c1-4-6(11)3-7(12)10-8(4)13-5(2)9-10;1-9-7-8-5-3-2-4-6-8/h3H2,1-2H3;2-6,9H,7H2,1H3. The minimum absolute atomic E-state index is 0.116. The second-order valence-corrected chi connectivity index (χ2v) is 4.97. The minimum atomic E-state index is -0.331. The van der Waals surface area contributed by atoms with Crippen LogP contribution >= 0.6 is 0 Å². The van der Waals surface area contributed by atoms with Crippen molar-refractivity contribution in [3.8, 4) is 0 Å². The zero-order valence-corrected chi connectivity index (χ0v) is 12.9. The Bertz CT molecular complexity index is 635. The molecule has 1 aromatic rings. The Labute approximate surface area is 129 Å². The first-order chi connectivity index (χ1) is 10.5. The number of benzene rings is 1. The number of allylic oxidation sites excluding steroid dienone is 1. The smallest absolute Gasteiger partial charge is 0.257 e. The van der Waals surface area contributed by atoms with E-state index in [1.165, 1.54) is 5.56 Å². The molecule has 2 heterocycles. The molecule has 0 bridgehead atoms. The molecular weight excluding hydrogens is 282 g/mol. The van der Waals surface area contributed by atoms with Crippen LogP contribution in [-0.2, 0) is 20.9 Å².